The molecule has 3 N–H and O–H groups in total. The quantitative estimate of drug-likeness (QED) is 0.612. The summed E-state index contributed by atoms with van der Waals surface area (Å²) in [7, 11) is 0. The summed E-state index contributed by atoms with van der Waals surface area (Å²) in [4.78, 5) is 8.57. The molecule has 0 atom stereocenters. The van der Waals surface area contributed by atoms with Crippen LogP contribution >= 0.6 is 12.2 Å². The molecule has 1 aliphatic rings. The summed E-state index contributed by atoms with van der Waals surface area (Å²) in [5.74, 6) is 0.715. The first-order valence-electron chi connectivity index (χ1n) is 6.73. The van der Waals surface area contributed by atoms with E-state index in [9.17, 15) is 0 Å². The summed E-state index contributed by atoms with van der Waals surface area (Å²) >= 11 is 4.82. The van der Waals surface area contributed by atoms with E-state index >= 15 is 0 Å². The van der Waals surface area contributed by atoms with Crippen LogP contribution in [0, 0.1) is 0 Å². The number of hydrogen-bond acceptors (Lipinski definition) is 5. The minimum atomic E-state index is 0.264. The largest absolute Gasteiger partial charge is 0.388 e. The second kappa shape index (κ2) is 7.35. The Morgan fingerprint density at radius 2 is 2.11 bits per heavy atom. The highest BCUT2D eigenvalue weighted by Gasteiger charge is 2.12. The zero-order valence-corrected chi connectivity index (χ0v) is 11.8. The molecule has 2 rings (SSSR count). The Labute approximate surface area is 119 Å². The molecular formula is C13H20N4OS. The third kappa shape index (κ3) is 4.72. The minimum absolute atomic E-state index is 0.264. The number of nitrogens with two attached hydrogens (primary N) is 1. The summed E-state index contributed by atoms with van der Waals surface area (Å²) in [5.41, 5.74) is 6.00. The van der Waals surface area contributed by atoms with Crippen molar-refractivity contribution in [3.8, 4) is 0 Å². The number of hydrogen-bond donors (Lipinski definition) is 2. The molecule has 1 fully saturated rings. The van der Waals surface area contributed by atoms with Crippen molar-refractivity contribution < 1.29 is 4.74 Å². The Balaban J connectivity index is 1.66. The predicted octanol–water partition coefficient (Wildman–Crippen LogP) is 1.87. The van der Waals surface area contributed by atoms with Gasteiger partial charge in [-0.1, -0.05) is 31.5 Å². The van der Waals surface area contributed by atoms with Gasteiger partial charge in [-0.2, -0.15) is 0 Å². The Kier molecular flexibility index (Phi) is 5.47. The van der Waals surface area contributed by atoms with Crippen molar-refractivity contribution >= 4 is 23.0 Å². The van der Waals surface area contributed by atoms with E-state index in [0.717, 1.165) is 6.54 Å². The van der Waals surface area contributed by atoms with Crippen molar-refractivity contribution in [2.45, 2.75) is 38.2 Å². The normalized spacial score (nSPS) is 16.2. The van der Waals surface area contributed by atoms with Gasteiger partial charge in [-0.25, -0.2) is 9.97 Å². The van der Waals surface area contributed by atoms with Gasteiger partial charge in [0.25, 0.3) is 0 Å². The van der Waals surface area contributed by atoms with Crippen molar-refractivity contribution in [2.24, 2.45) is 5.73 Å². The first-order chi connectivity index (χ1) is 9.25. The summed E-state index contributed by atoms with van der Waals surface area (Å²) < 4.78 is 5.82. The highest BCUT2D eigenvalue weighted by atomic mass is 32.1. The van der Waals surface area contributed by atoms with Crippen molar-refractivity contribution in [3.63, 3.8) is 0 Å². The SMILES string of the molecule is NC(=S)c1cnc(NCCOC2CCCCC2)cn1. The fourth-order valence-electron chi connectivity index (χ4n) is 2.18. The summed E-state index contributed by atoms with van der Waals surface area (Å²) in [5, 5.41) is 3.17. The molecule has 5 nitrogen and oxygen atoms in total. The lowest BCUT2D eigenvalue weighted by molar-refractivity contribution is 0.0347. The van der Waals surface area contributed by atoms with E-state index in [4.69, 9.17) is 22.7 Å². The van der Waals surface area contributed by atoms with Crippen LogP contribution in [-0.2, 0) is 4.74 Å². The average molecular weight is 280 g/mol. The first-order valence-corrected chi connectivity index (χ1v) is 7.14. The zero-order chi connectivity index (χ0) is 13.5. The van der Waals surface area contributed by atoms with E-state index in [2.05, 4.69) is 15.3 Å². The van der Waals surface area contributed by atoms with Crippen molar-refractivity contribution in [3.05, 3.63) is 18.1 Å². The van der Waals surface area contributed by atoms with Crippen LogP contribution in [0.3, 0.4) is 0 Å². The van der Waals surface area contributed by atoms with E-state index in [1.54, 1.807) is 12.4 Å². The van der Waals surface area contributed by atoms with Gasteiger partial charge >= 0.3 is 0 Å². The van der Waals surface area contributed by atoms with Crippen LogP contribution in [0.25, 0.3) is 0 Å². The molecule has 0 saturated heterocycles. The highest BCUT2D eigenvalue weighted by Crippen LogP contribution is 2.19. The standard InChI is InChI=1S/C13H20N4OS/c14-13(19)11-8-17-12(9-16-11)15-6-7-18-10-4-2-1-3-5-10/h8-10H,1-7H2,(H2,14,19)(H,15,17). The van der Waals surface area contributed by atoms with Crippen LogP contribution < -0.4 is 11.1 Å². The third-order valence-corrected chi connectivity index (χ3v) is 3.43. The van der Waals surface area contributed by atoms with E-state index in [0.29, 0.717) is 24.2 Å². The predicted molar refractivity (Wildman–Crippen MR) is 79.2 cm³/mol. The maximum absolute atomic E-state index is 5.82. The Bertz CT molecular complexity index is 404. The topological polar surface area (TPSA) is 73.1 Å². The van der Waals surface area contributed by atoms with Gasteiger partial charge < -0.3 is 15.8 Å². The molecule has 0 aliphatic heterocycles. The second-order valence-corrected chi connectivity index (χ2v) is 5.15. The lowest BCUT2D eigenvalue weighted by Gasteiger charge is -2.22. The van der Waals surface area contributed by atoms with Gasteiger partial charge in [0.2, 0.25) is 0 Å². The van der Waals surface area contributed by atoms with Gasteiger partial charge in [0, 0.05) is 6.54 Å². The lowest BCUT2D eigenvalue weighted by Crippen LogP contribution is -2.21. The third-order valence-electron chi connectivity index (χ3n) is 3.22. The number of nitrogens with zero attached hydrogens (tertiary/aromatic N) is 2. The van der Waals surface area contributed by atoms with Crippen LogP contribution in [0.2, 0.25) is 0 Å². The van der Waals surface area contributed by atoms with Crippen molar-refractivity contribution in [1.29, 1.82) is 0 Å². The molecule has 1 saturated carbocycles. The van der Waals surface area contributed by atoms with E-state index < -0.39 is 0 Å². The Hall–Kier alpha value is -1.27. The Morgan fingerprint density at radius 3 is 2.74 bits per heavy atom. The number of rotatable bonds is 6. The smallest absolute Gasteiger partial charge is 0.144 e. The highest BCUT2D eigenvalue weighted by molar-refractivity contribution is 7.80. The zero-order valence-electron chi connectivity index (χ0n) is 11.0. The number of thiocarbonyl (C=S) groups is 1. The van der Waals surface area contributed by atoms with Crippen LogP contribution in [0.4, 0.5) is 5.82 Å². The molecule has 0 radical (unpaired) electrons. The molecule has 104 valence electrons. The molecule has 1 aromatic heterocycles. The minimum Gasteiger partial charge on any atom is -0.388 e. The summed E-state index contributed by atoms with van der Waals surface area (Å²) in [6.07, 6.45) is 9.99. The van der Waals surface area contributed by atoms with Crippen molar-refractivity contribution in [1.82, 2.24) is 9.97 Å². The van der Waals surface area contributed by atoms with E-state index in [-0.39, 0.29) is 4.99 Å². The lowest BCUT2D eigenvalue weighted by atomic mass is 9.98. The summed E-state index contributed by atoms with van der Waals surface area (Å²) in [6.45, 7) is 1.43. The van der Waals surface area contributed by atoms with Crippen LogP contribution in [-0.4, -0.2) is 34.2 Å². The van der Waals surface area contributed by atoms with Crippen LogP contribution in [0.5, 0.6) is 0 Å². The summed E-state index contributed by atoms with van der Waals surface area (Å²) in [6, 6.07) is 0. The molecular weight excluding hydrogens is 260 g/mol. The molecule has 0 amide bonds. The fraction of sp³-hybridized carbons (Fsp3) is 0.615. The van der Waals surface area contributed by atoms with Gasteiger partial charge in [0.1, 0.15) is 16.5 Å². The fourth-order valence-corrected chi connectivity index (χ4v) is 2.29. The molecule has 1 heterocycles. The van der Waals surface area contributed by atoms with Crippen LogP contribution in [0.15, 0.2) is 12.4 Å². The Morgan fingerprint density at radius 1 is 1.32 bits per heavy atom. The molecule has 19 heavy (non-hydrogen) atoms. The van der Waals surface area contributed by atoms with E-state index in [1.807, 2.05) is 0 Å². The molecule has 0 aromatic carbocycles. The van der Waals surface area contributed by atoms with Gasteiger partial charge in [-0.05, 0) is 12.8 Å². The first kappa shape index (κ1) is 14.1. The molecule has 1 aliphatic carbocycles. The number of ether oxygens (including phenoxy) is 1. The molecule has 1 aromatic rings. The number of anilines is 1. The van der Waals surface area contributed by atoms with Gasteiger partial charge in [-0.3, -0.25) is 0 Å². The molecule has 6 heteroatoms. The van der Waals surface area contributed by atoms with Gasteiger partial charge in [0.15, 0.2) is 0 Å². The van der Waals surface area contributed by atoms with Gasteiger partial charge in [-0.15, -0.1) is 0 Å². The molecule has 0 bridgehead atoms. The van der Waals surface area contributed by atoms with Crippen molar-refractivity contribution in [2.75, 3.05) is 18.5 Å². The number of nitrogens with one attached hydrogen (secondary N) is 1. The monoisotopic (exact) mass is 280 g/mol. The van der Waals surface area contributed by atoms with Gasteiger partial charge in [0.05, 0.1) is 25.1 Å². The molecule has 0 unspecified atom stereocenters. The second-order valence-electron chi connectivity index (χ2n) is 4.71. The molecule has 0 spiro atoms. The van der Waals surface area contributed by atoms with E-state index in [1.165, 1.54) is 32.1 Å². The van der Waals surface area contributed by atoms with Crippen LogP contribution in [0.1, 0.15) is 37.8 Å². The number of aromatic nitrogens is 2. The average Bonchev–Trinajstić information content (AvgIpc) is 2.45. The maximum Gasteiger partial charge on any atom is 0.144 e. The maximum atomic E-state index is 5.82.